The molecule has 170 valence electrons. The molecular weight excluding hydrogens is 406 g/mol. The lowest BCUT2D eigenvalue weighted by atomic mass is 9.95. The maximum Gasteiger partial charge on any atom is 0.305 e. The minimum atomic E-state index is -0.864. The van der Waals surface area contributed by atoms with Crippen molar-refractivity contribution in [1.82, 2.24) is 4.90 Å². The van der Waals surface area contributed by atoms with Crippen LogP contribution in [0.5, 0.6) is 5.75 Å². The van der Waals surface area contributed by atoms with Crippen LogP contribution in [0.2, 0.25) is 0 Å². The number of benzene rings is 2. The number of carbonyl (C=O) groups is 2. The molecule has 3 N–H and O–H groups in total. The van der Waals surface area contributed by atoms with Gasteiger partial charge in [-0.15, -0.1) is 0 Å². The zero-order valence-electron chi connectivity index (χ0n) is 18.5. The third-order valence-electron chi connectivity index (χ3n) is 5.79. The van der Waals surface area contributed by atoms with Crippen LogP contribution in [0, 0.1) is 0 Å². The van der Waals surface area contributed by atoms with Crippen LogP contribution in [-0.4, -0.2) is 40.7 Å². The summed E-state index contributed by atoms with van der Waals surface area (Å²) >= 11 is 0. The van der Waals surface area contributed by atoms with Gasteiger partial charge in [-0.2, -0.15) is 5.10 Å². The molecular formula is C25H31N3O4. The van der Waals surface area contributed by atoms with Gasteiger partial charge in [0, 0.05) is 18.2 Å². The predicted molar refractivity (Wildman–Crippen MR) is 124 cm³/mol. The lowest BCUT2D eigenvalue weighted by Gasteiger charge is -2.35. The fourth-order valence-corrected chi connectivity index (χ4v) is 4.07. The molecule has 0 bridgehead atoms. The summed E-state index contributed by atoms with van der Waals surface area (Å²) in [6, 6.07) is 13.0. The van der Waals surface area contributed by atoms with E-state index in [1.807, 2.05) is 30.3 Å². The summed E-state index contributed by atoms with van der Waals surface area (Å²) in [7, 11) is 0. The molecule has 32 heavy (non-hydrogen) atoms. The smallest absolute Gasteiger partial charge is 0.305 e. The van der Waals surface area contributed by atoms with Crippen LogP contribution >= 0.6 is 0 Å². The Labute approximate surface area is 188 Å². The molecule has 7 heteroatoms. The number of nitrogens with two attached hydrogens (primary N) is 1. The minimum absolute atomic E-state index is 0.0120. The van der Waals surface area contributed by atoms with E-state index in [1.54, 1.807) is 23.2 Å². The molecule has 7 nitrogen and oxygen atoms in total. The van der Waals surface area contributed by atoms with Gasteiger partial charge in [-0.3, -0.25) is 9.59 Å². The van der Waals surface area contributed by atoms with Crippen LogP contribution < -0.4 is 10.6 Å². The summed E-state index contributed by atoms with van der Waals surface area (Å²) in [5.41, 5.74) is 3.52. The number of nitrogens with zero attached hydrogens (tertiary/aromatic N) is 2. The van der Waals surface area contributed by atoms with Crippen molar-refractivity contribution >= 4 is 18.1 Å². The predicted octanol–water partition coefficient (Wildman–Crippen LogP) is 3.98. The molecule has 0 spiro atoms. The van der Waals surface area contributed by atoms with E-state index in [-0.39, 0.29) is 18.4 Å². The topological polar surface area (TPSA) is 105 Å². The summed E-state index contributed by atoms with van der Waals surface area (Å²) in [4.78, 5) is 26.2. The molecule has 1 aliphatic rings. The zero-order valence-corrected chi connectivity index (χ0v) is 18.5. The summed E-state index contributed by atoms with van der Waals surface area (Å²) in [5.74, 6) is 4.93. The van der Waals surface area contributed by atoms with E-state index in [9.17, 15) is 14.7 Å². The fourth-order valence-electron chi connectivity index (χ4n) is 4.07. The third kappa shape index (κ3) is 6.09. The van der Waals surface area contributed by atoms with Gasteiger partial charge in [0.05, 0.1) is 12.6 Å². The number of amides is 1. The van der Waals surface area contributed by atoms with Crippen LogP contribution in [0.3, 0.4) is 0 Å². The number of rotatable bonds is 11. The van der Waals surface area contributed by atoms with Crippen LogP contribution in [0.25, 0.3) is 0 Å². The van der Waals surface area contributed by atoms with E-state index in [0.29, 0.717) is 30.9 Å². The minimum Gasteiger partial charge on any atom is -0.489 e. The van der Waals surface area contributed by atoms with Gasteiger partial charge in [-0.25, -0.2) is 0 Å². The largest absolute Gasteiger partial charge is 0.489 e. The molecule has 1 atom stereocenters. The van der Waals surface area contributed by atoms with Gasteiger partial charge in [-0.1, -0.05) is 50.5 Å². The molecule has 2 aromatic carbocycles. The molecule has 1 unspecified atom stereocenters. The van der Waals surface area contributed by atoms with E-state index in [2.05, 4.69) is 12.0 Å². The van der Waals surface area contributed by atoms with Crippen LogP contribution in [0.15, 0.2) is 47.6 Å². The number of carboxylic acid groups (broad SMARTS) is 1. The summed E-state index contributed by atoms with van der Waals surface area (Å²) in [5, 5.41) is 12.8. The molecule has 0 saturated carbocycles. The highest BCUT2D eigenvalue weighted by atomic mass is 16.5. The van der Waals surface area contributed by atoms with Gasteiger partial charge in [0.15, 0.2) is 0 Å². The van der Waals surface area contributed by atoms with Crippen molar-refractivity contribution in [3.8, 4) is 5.75 Å². The number of ether oxygens (including phenoxy) is 1. The number of aliphatic carboxylic acids is 1. The maximum absolute atomic E-state index is 13.1. The highest BCUT2D eigenvalue weighted by Crippen LogP contribution is 2.27. The normalized spacial score (nSPS) is 14.4. The van der Waals surface area contributed by atoms with Crippen molar-refractivity contribution in [2.45, 2.75) is 58.1 Å². The number of fused-ring (bicyclic) bond motifs is 1. The molecule has 3 rings (SSSR count). The van der Waals surface area contributed by atoms with E-state index in [1.165, 1.54) is 0 Å². The Morgan fingerprint density at radius 2 is 2.03 bits per heavy atom. The standard InChI is InChI=1S/C25H31N3O4/c1-2-3-4-5-21(15-24(29)30)28-13-12-20-14-22(10-11-23(20)25(28)31)32-17-19-8-6-18(7-9-19)16-27-26/h6-11,14,16,21H,2-5,12-13,15,17,26H2,1H3,(H,29,30). The first-order valence-electron chi connectivity index (χ1n) is 11.1. The number of unbranched alkanes of at least 4 members (excludes halogenated alkanes) is 2. The average molecular weight is 438 g/mol. The second kappa shape index (κ2) is 11.3. The van der Waals surface area contributed by atoms with Crippen molar-refractivity contribution in [1.29, 1.82) is 0 Å². The molecule has 0 saturated heterocycles. The Balaban J connectivity index is 1.66. The first kappa shape index (κ1) is 23.3. The Morgan fingerprint density at radius 3 is 2.72 bits per heavy atom. The van der Waals surface area contributed by atoms with Crippen molar-refractivity contribution < 1.29 is 19.4 Å². The van der Waals surface area contributed by atoms with Gasteiger partial charge >= 0.3 is 5.97 Å². The molecule has 2 aromatic rings. The fraction of sp³-hybridized carbons (Fsp3) is 0.400. The van der Waals surface area contributed by atoms with Crippen LogP contribution in [-0.2, 0) is 17.8 Å². The van der Waals surface area contributed by atoms with Gasteiger partial charge in [0.2, 0.25) is 0 Å². The van der Waals surface area contributed by atoms with E-state index < -0.39 is 5.97 Å². The average Bonchev–Trinajstić information content (AvgIpc) is 2.78. The van der Waals surface area contributed by atoms with Crippen molar-refractivity contribution in [2.75, 3.05) is 6.54 Å². The van der Waals surface area contributed by atoms with E-state index >= 15 is 0 Å². The van der Waals surface area contributed by atoms with Gasteiger partial charge < -0.3 is 20.6 Å². The second-order valence-corrected chi connectivity index (χ2v) is 8.12. The highest BCUT2D eigenvalue weighted by Gasteiger charge is 2.31. The summed E-state index contributed by atoms with van der Waals surface area (Å²) < 4.78 is 5.92. The van der Waals surface area contributed by atoms with Crippen molar-refractivity contribution in [3.63, 3.8) is 0 Å². The molecule has 0 radical (unpaired) electrons. The third-order valence-corrected chi connectivity index (χ3v) is 5.79. The van der Waals surface area contributed by atoms with Crippen molar-refractivity contribution in [3.05, 3.63) is 64.7 Å². The summed E-state index contributed by atoms with van der Waals surface area (Å²) in [6.45, 7) is 3.06. The number of carboxylic acids is 1. The lowest BCUT2D eigenvalue weighted by Crippen LogP contribution is -2.45. The summed E-state index contributed by atoms with van der Waals surface area (Å²) in [6.07, 6.45) is 6.01. The quantitative estimate of drug-likeness (QED) is 0.239. The molecule has 0 aliphatic carbocycles. The van der Waals surface area contributed by atoms with Gasteiger partial charge in [-0.05, 0) is 47.7 Å². The Hall–Kier alpha value is -3.35. The molecule has 0 aromatic heterocycles. The Morgan fingerprint density at radius 1 is 1.25 bits per heavy atom. The molecule has 1 amide bonds. The molecule has 1 aliphatic heterocycles. The van der Waals surface area contributed by atoms with Crippen LogP contribution in [0.1, 0.15) is 66.1 Å². The second-order valence-electron chi connectivity index (χ2n) is 8.12. The maximum atomic E-state index is 13.1. The van der Waals surface area contributed by atoms with Gasteiger partial charge in [0.25, 0.3) is 5.91 Å². The number of hydrazone groups is 1. The Kier molecular flexibility index (Phi) is 8.25. The number of hydrogen-bond acceptors (Lipinski definition) is 5. The zero-order chi connectivity index (χ0) is 22.9. The molecule has 0 fully saturated rings. The van der Waals surface area contributed by atoms with E-state index in [4.69, 9.17) is 10.6 Å². The SMILES string of the molecule is CCCCCC(CC(=O)O)N1CCc2cc(OCc3ccc(C=NN)cc3)ccc2C1=O. The van der Waals surface area contributed by atoms with Crippen molar-refractivity contribution in [2.24, 2.45) is 10.9 Å². The number of carbonyl (C=O) groups excluding carboxylic acids is 1. The monoisotopic (exact) mass is 437 g/mol. The highest BCUT2D eigenvalue weighted by molar-refractivity contribution is 5.97. The Bertz CT molecular complexity index is 956. The number of hydrogen-bond donors (Lipinski definition) is 2. The first-order chi connectivity index (χ1) is 15.5. The van der Waals surface area contributed by atoms with Gasteiger partial charge in [0.1, 0.15) is 12.4 Å². The van der Waals surface area contributed by atoms with E-state index in [0.717, 1.165) is 42.4 Å². The van der Waals surface area contributed by atoms with Crippen LogP contribution in [0.4, 0.5) is 0 Å². The lowest BCUT2D eigenvalue weighted by molar-refractivity contribution is -0.138. The molecule has 1 heterocycles. The first-order valence-corrected chi connectivity index (χ1v) is 11.1.